The number of amides is 3. The van der Waals surface area contributed by atoms with Crippen LogP contribution in [-0.4, -0.2) is 74.9 Å². The Balaban J connectivity index is 1.97. The third-order valence-corrected chi connectivity index (χ3v) is 5.22. The number of hydrogen-bond acceptors (Lipinski definition) is 7. The lowest BCUT2D eigenvalue weighted by Crippen LogP contribution is -2.52. The molecule has 176 valence electrons. The van der Waals surface area contributed by atoms with Crippen molar-refractivity contribution in [3.8, 4) is 11.4 Å². The van der Waals surface area contributed by atoms with Gasteiger partial charge in [-0.1, -0.05) is 11.6 Å². The van der Waals surface area contributed by atoms with Crippen LogP contribution in [0.2, 0.25) is 5.15 Å². The lowest BCUT2D eigenvalue weighted by molar-refractivity contribution is -0.134. The number of aromatic nitrogens is 3. The van der Waals surface area contributed by atoms with E-state index in [2.05, 4.69) is 20.3 Å². The molecule has 0 unspecified atom stereocenters. The minimum Gasteiger partial charge on any atom is -0.444 e. The summed E-state index contributed by atoms with van der Waals surface area (Å²) in [4.78, 5) is 52.8. The Morgan fingerprint density at radius 1 is 1.12 bits per heavy atom. The van der Waals surface area contributed by atoms with E-state index < -0.39 is 17.7 Å². The largest absolute Gasteiger partial charge is 0.444 e. The van der Waals surface area contributed by atoms with Crippen molar-refractivity contribution >= 4 is 29.5 Å². The number of carbonyl (C=O) groups is 3. The summed E-state index contributed by atoms with van der Waals surface area (Å²) in [6, 6.07) is 4.47. The Hall–Kier alpha value is -3.27. The number of nitrogens with one attached hydrogen (secondary N) is 1. The fraction of sp³-hybridized carbons (Fsp3) is 0.455. The number of halogens is 1. The molecule has 3 amide bonds. The molecule has 0 radical (unpaired) electrons. The number of hydrogen-bond donors (Lipinski definition) is 1. The van der Waals surface area contributed by atoms with Gasteiger partial charge in [-0.3, -0.25) is 9.59 Å². The standard InChI is InChI=1S/C22H27ClN6O4/c1-13(30)29-7-6-28(21(32)33-22(2,3)4)11-18(29)14-8-16(27-19(23)9-14)15-10-17(20(31)24-5)26-12-25-15/h8-10,12,18H,6-7,11H2,1-5H3,(H,24,31)/t18-/m0/s1. The smallest absolute Gasteiger partial charge is 0.410 e. The van der Waals surface area contributed by atoms with Gasteiger partial charge in [-0.2, -0.15) is 0 Å². The van der Waals surface area contributed by atoms with Crippen LogP contribution in [0.1, 0.15) is 49.8 Å². The van der Waals surface area contributed by atoms with Crippen LogP contribution in [0.4, 0.5) is 4.79 Å². The Labute approximate surface area is 197 Å². The Bertz CT molecular complexity index is 1070. The van der Waals surface area contributed by atoms with Crippen LogP contribution in [0, 0.1) is 0 Å². The van der Waals surface area contributed by atoms with Crippen LogP contribution in [0.3, 0.4) is 0 Å². The van der Waals surface area contributed by atoms with Crippen LogP contribution in [-0.2, 0) is 9.53 Å². The molecule has 10 nitrogen and oxygen atoms in total. The molecule has 0 saturated carbocycles. The van der Waals surface area contributed by atoms with Crippen molar-refractivity contribution < 1.29 is 19.1 Å². The van der Waals surface area contributed by atoms with Crippen LogP contribution < -0.4 is 5.32 Å². The number of carbonyl (C=O) groups excluding carboxylic acids is 3. The minimum atomic E-state index is -0.632. The Morgan fingerprint density at radius 2 is 1.85 bits per heavy atom. The topological polar surface area (TPSA) is 118 Å². The third-order valence-electron chi connectivity index (χ3n) is 5.03. The predicted octanol–water partition coefficient (Wildman–Crippen LogP) is 2.69. The molecule has 0 aromatic carbocycles. The van der Waals surface area contributed by atoms with E-state index in [1.54, 1.807) is 42.7 Å². The van der Waals surface area contributed by atoms with E-state index in [-0.39, 0.29) is 29.2 Å². The molecule has 3 rings (SSSR count). The van der Waals surface area contributed by atoms with E-state index in [0.717, 1.165) is 0 Å². The van der Waals surface area contributed by atoms with Crippen molar-refractivity contribution in [3.05, 3.63) is 40.9 Å². The fourth-order valence-electron chi connectivity index (χ4n) is 3.53. The molecule has 1 N–H and O–H groups in total. The first-order valence-electron chi connectivity index (χ1n) is 10.5. The SMILES string of the molecule is CNC(=O)c1cc(-c2cc([C@@H]3CN(C(=O)OC(C)(C)C)CCN3C(C)=O)cc(Cl)n2)ncn1. The quantitative estimate of drug-likeness (QED) is 0.679. The lowest BCUT2D eigenvalue weighted by Gasteiger charge is -2.41. The number of nitrogens with zero attached hydrogens (tertiary/aromatic N) is 5. The van der Waals surface area contributed by atoms with Gasteiger partial charge in [0.15, 0.2) is 0 Å². The van der Waals surface area contributed by atoms with Crippen molar-refractivity contribution in [3.63, 3.8) is 0 Å². The first kappa shape index (κ1) is 24.4. The summed E-state index contributed by atoms with van der Waals surface area (Å²) >= 11 is 6.32. The second kappa shape index (κ2) is 9.70. The minimum absolute atomic E-state index is 0.123. The summed E-state index contributed by atoms with van der Waals surface area (Å²) < 4.78 is 5.51. The number of ether oxygens (including phenoxy) is 1. The Morgan fingerprint density at radius 3 is 2.48 bits per heavy atom. The maximum atomic E-state index is 12.7. The van der Waals surface area contributed by atoms with Crippen LogP contribution in [0.5, 0.6) is 0 Å². The molecular formula is C22H27ClN6O4. The first-order valence-corrected chi connectivity index (χ1v) is 10.8. The van der Waals surface area contributed by atoms with Gasteiger partial charge in [0.25, 0.3) is 5.91 Å². The molecule has 33 heavy (non-hydrogen) atoms. The zero-order valence-electron chi connectivity index (χ0n) is 19.3. The summed E-state index contributed by atoms with van der Waals surface area (Å²) in [7, 11) is 1.51. The molecule has 0 aliphatic carbocycles. The van der Waals surface area contributed by atoms with Crippen molar-refractivity contribution in [2.45, 2.75) is 39.3 Å². The summed E-state index contributed by atoms with van der Waals surface area (Å²) in [5, 5.41) is 2.71. The van der Waals surface area contributed by atoms with Crippen molar-refractivity contribution in [1.29, 1.82) is 0 Å². The van der Waals surface area contributed by atoms with Crippen molar-refractivity contribution in [1.82, 2.24) is 30.1 Å². The van der Waals surface area contributed by atoms with E-state index in [1.165, 1.54) is 26.4 Å². The van der Waals surface area contributed by atoms with Gasteiger partial charge < -0.3 is 19.9 Å². The highest BCUT2D eigenvalue weighted by molar-refractivity contribution is 6.29. The lowest BCUT2D eigenvalue weighted by atomic mass is 10.0. The highest BCUT2D eigenvalue weighted by Gasteiger charge is 2.34. The van der Waals surface area contributed by atoms with Crippen LogP contribution in [0.25, 0.3) is 11.4 Å². The number of piperazine rings is 1. The van der Waals surface area contributed by atoms with Gasteiger partial charge in [-0.05, 0) is 44.5 Å². The molecule has 1 atom stereocenters. The van der Waals surface area contributed by atoms with E-state index >= 15 is 0 Å². The van der Waals surface area contributed by atoms with Crippen molar-refractivity contribution in [2.75, 3.05) is 26.7 Å². The molecule has 3 heterocycles. The molecule has 2 aromatic heterocycles. The molecule has 0 bridgehead atoms. The summed E-state index contributed by atoms with van der Waals surface area (Å²) in [6.45, 7) is 7.84. The maximum Gasteiger partial charge on any atom is 0.410 e. The second-order valence-electron chi connectivity index (χ2n) is 8.63. The van der Waals surface area contributed by atoms with E-state index in [9.17, 15) is 14.4 Å². The molecular weight excluding hydrogens is 448 g/mol. The Kier molecular flexibility index (Phi) is 7.16. The average molecular weight is 475 g/mol. The molecule has 1 aliphatic rings. The van der Waals surface area contributed by atoms with Gasteiger partial charge in [0.05, 0.1) is 17.4 Å². The third kappa shape index (κ3) is 5.95. The van der Waals surface area contributed by atoms with Crippen LogP contribution >= 0.6 is 11.6 Å². The molecule has 11 heteroatoms. The predicted molar refractivity (Wildman–Crippen MR) is 122 cm³/mol. The molecule has 2 aromatic rings. The number of pyridine rings is 1. The molecule has 0 spiro atoms. The summed E-state index contributed by atoms with van der Waals surface area (Å²) in [5.41, 5.74) is 1.07. The summed E-state index contributed by atoms with van der Waals surface area (Å²) in [6.07, 6.45) is 0.830. The van der Waals surface area contributed by atoms with Gasteiger partial charge >= 0.3 is 6.09 Å². The average Bonchev–Trinajstić information content (AvgIpc) is 2.76. The van der Waals surface area contributed by atoms with E-state index in [4.69, 9.17) is 16.3 Å². The number of rotatable bonds is 3. The van der Waals surface area contributed by atoms with Crippen LogP contribution in [0.15, 0.2) is 24.5 Å². The zero-order chi connectivity index (χ0) is 24.3. The summed E-state index contributed by atoms with van der Waals surface area (Å²) in [5.74, 6) is -0.480. The van der Waals surface area contributed by atoms with Crippen molar-refractivity contribution in [2.24, 2.45) is 0 Å². The monoisotopic (exact) mass is 474 g/mol. The highest BCUT2D eigenvalue weighted by atomic mass is 35.5. The highest BCUT2D eigenvalue weighted by Crippen LogP contribution is 2.30. The van der Waals surface area contributed by atoms with E-state index in [0.29, 0.717) is 30.0 Å². The normalized spacial score (nSPS) is 16.4. The zero-order valence-corrected chi connectivity index (χ0v) is 20.0. The molecule has 1 fully saturated rings. The van der Waals surface area contributed by atoms with Gasteiger partial charge in [0, 0.05) is 33.6 Å². The van der Waals surface area contributed by atoms with Gasteiger partial charge in [-0.25, -0.2) is 19.7 Å². The second-order valence-corrected chi connectivity index (χ2v) is 9.02. The van der Waals surface area contributed by atoms with Gasteiger partial charge in [0.2, 0.25) is 5.91 Å². The molecule has 1 saturated heterocycles. The maximum absolute atomic E-state index is 12.7. The van der Waals surface area contributed by atoms with Gasteiger partial charge in [0.1, 0.15) is 22.8 Å². The first-order chi connectivity index (χ1) is 15.5. The van der Waals surface area contributed by atoms with Gasteiger partial charge in [-0.15, -0.1) is 0 Å². The molecule has 1 aliphatic heterocycles. The fourth-order valence-corrected chi connectivity index (χ4v) is 3.74. The van der Waals surface area contributed by atoms with E-state index in [1.807, 2.05) is 0 Å².